The molecule has 0 atom stereocenters. The van der Waals surface area contributed by atoms with E-state index in [0.717, 1.165) is 17.8 Å². The Morgan fingerprint density at radius 2 is 1.96 bits per heavy atom. The summed E-state index contributed by atoms with van der Waals surface area (Å²) in [5.41, 5.74) is 0.937. The maximum Gasteiger partial charge on any atom is 0.417 e. The summed E-state index contributed by atoms with van der Waals surface area (Å²) in [7, 11) is 0. The zero-order valence-electron chi connectivity index (χ0n) is 11.9. The molecule has 0 bridgehead atoms. The van der Waals surface area contributed by atoms with E-state index >= 15 is 0 Å². The van der Waals surface area contributed by atoms with Gasteiger partial charge < -0.3 is 9.67 Å². The molecule has 1 N–H and O–H groups in total. The number of aromatic carboxylic acids is 1. The van der Waals surface area contributed by atoms with Gasteiger partial charge in [0.15, 0.2) is 0 Å². The van der Waals surface area contributed by atoms with Gasteiger partial charge in [-0.1, -0.05) is 0 Å². The highest BCUT2D eigenvalue weighted by molar-refractivity contribution is 5.95. The quantitative estimate of drug-likeness (QED) is 0.775. The van der Waals surface area contributed by atoms with Gasteiger partial charge in [0.1, 0.15) is 0 Å². The Morgan fingerprint density at radius 3 is 2.61 bits per heavy atom. The van der Waals surface area contributed by atoms with Crippen LogP contribution in [0.2, 0.25) is 0 Å². The first-order valence-electron chi connectivity index (χ1n) is 6.65. The molecule has 118 valence electrons. The number of rotatable bonds is 2. The molecule has 0 unspecified atom stereocenters. The number of pyridine rings is 1. The number of fused-ring (bicyclic) bond motifs is 1. The maximum atomic E-state index is 12.8. The fourth-order valence-electron chi connectivity index (χ4n) is 2.46. The second-order valence-corrected chi connectivity index (χ2v) is 5.15. The molecule has 0 radical (unpaired) electrons. The maximum absolute atomic E-state index is 12.8. The molecule has 0 aliphatic rings. The number of benzene rings is 1. The van der Waals surface area contributed by atoms with Crippen LogP contribution in [-0.2, 0) is 6.18 Å². The van der Waals surface area contributed by atoms with Gasteiger partial charge in [0.25, 0.3) is 0 Å². The van der Waals surface area contributed by atoms with Crippen molar-refractivity contribution in [3.63, 3.8) is 0 Å². The van der Waals surface area contributed by atoms with Crippen LogP contribution in [0.4, 0.5) is 13.2 Å². The van der Waals surface area contributed by atoms with Gasteiger partial charge in [-0.2, -0.15) is 13.2 Å². The van der Waals surface area contributed by atoms with E-state index in [9.17, 15) is 18.0 Å². The standard InChI is InChI=1S/C16H11F3N2O2/c1-9-8-21(12-5-11(6-20-7-12)16(17,18)19)14-3-2-10(15(22)23)4-13(9)14/h2-8H,1H3,(H,22,23). The average molecular weight is 320 g/mol. The van der Waals surface area contributed by atoms with Crippen LogP contribution in [0.5, 0.6) is 0 Å². The highest BCUT2D eigenvalue weighted by atomic mass is 19.4. The van der Waals surface area contributed by atoms with Crippen molar-refractivity contribution >= 4 is 16.9 Å². The minimum Gasteiger partial charge on any atom is -0.478 e. The van der Waals surface area contributed by atoms with Crippen molar-refractivity contribution < 1.29 is 23.1 Å². The molecule has 2 aromatic heterocycles. The molecule has 0 amide bonds. The number of hydrogen-bond donors (Lipinski definition) is 1. The van der Waals surface area contributed by atoms with E-state index in [2.05, 4.69) is 4.98 Å². The van der Waals surface area contributed by atoms with Gasteiger partial charge in [-0.25, -0.2) is 4.79 Å². The van der Waals surface area contributed by atoms with E-state index in [4.69, 9.17) is 5.11 Å². The fraction of sp³-hybridized carbons (Fsp3) is 0.125. The molecule has 1 aromatic carbocycles. The van der Waals surface area contributed by atoms with Gasteiger partial charge >= 0.3 is 12.1 Å². The monoisotopic (exact) mass is 320 g/mol. The SMILES string of the molecule is Cc1cn(-c2cncc(C(F)(F)F)c2)c2ccc(C(=O)O)cc12. The van der Waals surface area contributed by atoms with E-state index in [-0.39, 0.29) is 11.3 Å². The molecule has 0 fully saturated rings. The summed E-state index contributed by atoms with van der Waals surface area (Å²) in [5, 5.41) is 9.71. The second kappa shape index (κ2) is 5.12. The Morgan fingerprint density at radius 1 is 1.22 bits per heavy atom. The van der Waals surface area contributed by atoms with E-state index in [1.54, 1.807) is 23.8 Å². The number of carbonyl (C=O) groups is 1. The topological polar surface area (TPSA) is 55.1 Å². The van der Waals surface area contributed by atoms with Crippen molar-refractivity contribution in [2.45, 2.75) is 13.1 Å². The van der Waals surface area contributed by atoms with E-state index in [1.807, 2.05) is 0 Å². The Bertz CT molecular complexity index is 913. The molecule has 0 saturated heterocycles. The van der Waals surface area contributed by atoms with Gasteiger partial charge in [-0.3, -0.25) is 4.98 Å². The van der Waals surface area contributed by atoms with Crippen LogP contribution < -0.4 is 0 Å². The molecule has 3 aromatic rings. The summed E-state index contributed by atoms with van der Waals surface area (Å²) in [6.45, 7) is 1.77. The fourth-order valence-corrected chi connectivity index (χ4v) is 2.46. The average Bonchev–Trinajstić information content (AvgIpc) is 2.83. The lowest BCUT2D eigenvalue weighted by molar-refractivity contribution is -0.137. The first-order chi connectivity index (χ1) is 10.8. The first kappa shape index (κ1) is 15.1. The van der Waals surface area contributed by atoms with Gasteiger partial charge in [-0.05, 0) is 36.8 Å². The number of halogens is 3. The number of carboxylic acid groups (broad SMARTS) is 1. The van der Waals surface area contributed by atoms with Gasteiger partial charge in [0.2, 0.25) is 0 Å². The number of hydrogen-bond acceptors (Lipinski definition) is 2. The van der Waals surface area contributed by atoms with Crippen molar-refractivity contribution in [1.29, 1.82) is 0 Å². The van der Waals surface area contributed by atoms with Crippen molar-refractivity contribution in [2.24, 2.45) is 0 Å². The smallest absolute Gasteiger partial charge is 0.417 e. The second-order valence-electron chi connectivity index (χ2n) is 5.15. The lowest BCUT2D eigenvalue weighted by atomic mass is 10.1. The Hall–Kier alpha value is -2.83. The van der Waals surface area contributed by atoms with E-state index in [0.29, 0.717) is 10.9 Å². The molecule has 2 heterocycles. The number of aryl methyl sites for hydroxylation is 1. The zero-order chi connectivity index (χ0) is 16.8. The Kier molecular flexibility index (Phi) is 3.35. The summed E-state index contributed by atoms with van der Waals surface area (Å²) in [4.78, 5) is 14.7. The van der Waals surface area contributed by atoms with Crippen molar-refractivity contribution in [3.05, 3.63) is 59.5 Å². The van der Waals surface area contributed by atoms with Crippen LogP contribution in [0.1, 0.15) is 21.5 Å². The number of aromatic nitrogens is 2. The first-order valence-corrected chi connectivity index (χ1v) is 6.65. The molecular formula is C16H11F3N2O2. The molecule has 0 spiro atoms. The van der Waals surface area contributed by atoms with Crippen LogP contribution in [0.25, 0.3) is 16.6 Å². The van der Waals surface area contributed by atoms with Crippen LogP contribution >= 0.6 is 0 Å². The molecule has 0 saturated carbocycles. The van der Waals surface area contributed by atoms with Crippen molar-refractivity contribution in [3.8, 4) is 5.69 Å². The summed E-state index contributed by atoms with van der Waals surface area (Å²) in [5.74, 6) is -1.06. The normalized spacial score (nSPS) is 11.8. The van der Waals surface area contributed by atoms with E-state index < -0.39 is 17.7 Å². The number of carboxylic acids is 1. The minimum absolute atomic E-state index is 0.125. The summed E-state index contributed by atoms with van der Waals surface area (Å²) in [6.07, 6.45) is -0.714. The van der Waals surface area contributed by atoms with Crippen molar-refractivity contribution in [2.75, 3.05) is 0 Å². The third kappa shape index (κ3) is 2.65. The number of nitrogens with zero attached hydrogens (tertiary/aromatic N) is 2. The van der Waals surface area contributed by atoms with Crippen LogP contribution in [0, 0.1) is 6.92 Å². The molecule has 0 aliphatic carbocycles. The van der Waals surface area contributed by atoms with Gasteiger partial charge in [0, 0.05) is 17.8 Å². The third-order valence-corrected chi connectivity index (χ3v) is 3.58. The molecular weight excluding hydrogens is 309 g/mol. The molecule has 3 rings (SSSR count). The largest absolute Gasteiger partial charge is 0.478 e. The highest BCUT2D eigenvalue weighted by Gasteiger charge is 2.31. The Labute approximate surface area is 128 Å². The predicted octanol–water partition coefficient (Wildman–Crippen LogP) is 4.05. The molecule has 7 heteroatoms. The highest BCUT2D eigenvalue weighted by Crippen LogP contribution is 2.31. The lowest BCUT2D eigenvalue weighted by Crippen LogP contribution is -2.07. The summed E-state index contributed by atoms with van der Waals surface area (Å²) >= 11 is 0. The molecule has 23 heavy (non-hydrogen) atoms. The zero-order valence-corrected chi connectivity index (χ0v) is 11.9. The summed E-state index contributed by atoms with van der Waals surface area (Å²) in [6, 6.07) is 5.51. The van der Waals surface area contributed by atoms with Crippen molar-refractivity contribution in [1.82, 2.24) is 9.55 Å². The molecule has 4 nitrogen and oxygen atoms in total. The van der Waals surface area contributed by atoms with Gasteiger partial charge in [-0.15, -0.1) is 0 Å². The summed E-state index contributed by atoms with van der Waals surface area (Å²) < 4.78 is 40.1. The third-order valence-electron chi connectivity index (χ3n) is 3.58. The lowest BCUT2D eigenvalue weighted by Gasteiger charge is -2.10. The Balaban J connectivity index is 2.20. The van der Waals surface area contributed by atoms with Crippen LogP contribution in [0.3, 0.4) is 0 Å². The van der Waals surface area contributed by atoms with Crippen LogP contribution in [-0.4, -0.2) is 20.6 Å². The molecule has 0 aliphatic heterocycles. The number of alkyl halides is 3. The van der Waals surface area contributed by atoms with Gasteiger partial charge in [0.05, 0.1) is 28.5 Å². The van der Waals surface area contributed by atoms with E-state index in [1.165, 1.54) is 18.3 Å². The van der Waals surface area contributed by atoms with Crippen LogP contribution in [0.15, 0.2) is 42.9 Å². The predicted molar refractivity (Wildman–Crippen MR) is 77.8 cm³/mol. The minimum atomic E-state index is -4.47.